The van der Waals surface area contributed by atoms with Crippen molar-refractivity contribution in [1.29, 1.82) is 0 Å². The van der Waals surface area contributed by atoms with Crippen LogP contribution in [0.1, 0.15) is 34.8 Å². The van der Waals surface area contributed by atoms with Crippen molar-refractivity contribution in [3.05, 3.63) is 65.2 Å². The van der Waals surface area contributed by atoms with E-state index in [9.17, 15) is 13.2 Å². The first-order valence-electron chi connectivity index (χ1n) is 9.27. The molecule has 1 amide bonds. The van der Waals surface area contributed by atoms with E-state index in [4.69, 9.17) is 0 Å². The van der Waals surface area contributed by atoms with E-state index in [0.29, 0.717) is 12.1 Å². The summed E-state index contributed by atoms with van der Waals surface area (Å²) >= 11 is 0. The number of fused-ring (bicyclic) bond motifs is 1. The normalized spacial score (nSPS) is 15.8. The lowest BCUT2D eigenvalue weighted by atomic mass is 9.98. The maximum absolute atomic E-state index is 12.4. The summed E-state index contributed by atoms with van der Waals surface area (Å²) in [6.07, 6.45) is 3.15. The summed E-state index contributed by atoms with van der Waals surface area (Å²) in [5.74, 6) is -0.175. The predicted molar refractivity (Wildman–Crippen MR) is 107 cm³/mol. The van der Waals surface area contributed by atoms with Crippen LogP contribution in [0.2, 0.25) is 0 Å². The van der Waals surface area contributed by atoms with Crippen LogP contribution in [-0.2, 0) is 22.8 Å². The molecule has 6 heteroatoms. The second-order valence-electron chi connectivity index (χ2n) is 7.06. The van der Waals surface area contributed by atoms with Crippen molar-refractivity contribution in [2.45, 2.75) is 37.2 Å². The first-order chi connectivity index (χ1) is 12.9. The molecule has 144 valence electrons. The van der Waals surface area contributed by atoms with Crippen LogP contribution in [0, 0.1) is 0 Å². The molecule has 0 saturated heterocycles. The first-order valence-corrected chi connectivity index (χ1v) is 11.2. The van der Waals surface area contributed by atoms with Crippen molar-refractivity contribution in [3.8, 4) is 0 Å². The number of carbonyl (C=O) groups is 1. The van der Waals surface area contributed by atoms with Crippen LogP contribution >= 0.6 is 0 Å². The summed E-state index contributed by atoms with van der Waals surface area (Å²) in [5, 5.41) is 3.00. The third-order valence-corrected chi connectivity index (χ3v) is 6.32. The van der Waals surface area contributed by atoms with Crippen LogP contribution < -0.4 is 5.32 Å². The Morgan fingerprint density at radius 3 is 2.41 bits per heavy atom. The summed E-state index contributed by atoms with van der Waals surface area (Å²) < 4.78 is 23.0. The minimum absolute atomic E-state index is 0.175. The van der Waals surface area contributed by atoms with Gasteiger partial charge in [0.2, 0.25) is 0 Å². The Balaban J connectivity index is 1.60. The van der Waals surface area contributed by atoms with Crippen LogP contribution in [0.25, 0.3) is 0 Å². The quantitative estimate of drug-likeness (QED) is 0.829. The van der Waals surface area contributed by atoms with Gasteiger partial charge in [-0.05, 0) is 48.2 Å². The number of benzene rings is 2. The molecule has 1 atom stereocenters. The van der Waals surface area contributed by atoms with Crippen molar-refractivity contribution in [2.75, 3.05) is 19.3 Å². The molecule has 0 fully saturated rings. The Morgan fingerprint density at radius 1 is 1.11 bits per heavy atom. The Labute approximate surface area is 161 Å². The van der Waals surface area contributed by atoms with E-state index >= 15 is 0 Å². The van der Waals surface area contributed by atoms with E-state index in [2.05, 4.69) is 41.4 Å². The predicted octanol–water partition coefficient (Wildman–Crippen LogP) is 2.66. The lowest BCUT2D eigenvalue weighted by molar-refractivity contribution is 0.0926. The molecule has 0 radical (unpaired) electrons. The number of rotatable bonds is 6. The van der Waals surface area contributed by atoms with Crippen LogP contribution in [0.3, 0.4) is 0 Å². The first kappa shape index (κ1) is 19.6. The number of sulfone groups is 1. The van der Waals surface area contributed by atoms with Crippen LogP contribution in [0.5, 0.6) is 0 Å². The van der Waals surface area contributed by atoms with Gasteiger partial charge in [0.25, 0.3) is 5.91 Å². The summed E-state index contributed by atoms with van der Waals surface area (Å²) in [5.41, 5.74) is 3.25. The smallest absolute Gasteiger partial charge is 0.251 e. The summed E-state index contributed by atoms with van der Waals surface area (Å²) in [7, 11) is -3.25. The van der Waals surface area contributed by atoms with Crippen molar-refractivity contribution < 1.29 is 13.2 Å². The highest BCUT2D eigenvalue weighted by Crippen LogP contribution is 2.21. The molecule has 2 aromatic carbocycles. The Kier molecular flexibility index (Phi) is 5.97. The third-order valence-electron chi connectivity index (χ3n) is 5.19. The lowest BCUT2D eigenvalue weighted by Crippen LogP contribution is -2.45. The van der Waals surface area contributed by atoms with Crippen molar-refractivity contribution in [3.63, 3.8) is 0 Å². The topological polar surface area (TPSA) is 66.5 Å². The highest BCUT2D eigenvalue weighted by Gasteiger charge is 2.22. The van der Waals surface area contributed by atoms with E-state index in [1.54, 1.807) is 12.1 Å². The van der Waals surface area contributed by atoms with Gasteiger partial charge < -0.3 is 5.32 Å². The molecule has 0 saturated carbocycles. The molecule has 1 heterocycles. The fourth-order valence-electron chi connectivity index (χ4n) is 3.53. The molecule has 1 aliphatic rings. The highest BCUT2D eigenvalue weighted by atomic mass is 32.2. The lowest BCUT2D eigenvalue weighted by Gasteiger charge is -2.35. The minimum atomic E-state index is -3.25. The molecule has 0 bridgehead atoms. The van der Waals surface area contributed by atoms with Gasteiger partial charge in [0.1, 0.15) is 0 Å². The van der Waals surface area contributed by atoms with Gasteiger partial charge in [-0.25, -0.2) is 8.42 Å². The van der Waals surface area contributed by atoms with E-state index < -0.39 is 9.84 Å². The zero-order valence-electron chi connectivity index (χ0n) is 15.8. The molecule has 0 spiro atoms. The van der Waals surface area contributed by atoms with Gasteiger partial charge in [0, 0.05) is 37.5 Å². The van der Waals surface area contributed by atoms with Crippen LogP contribution in [0.4, 0.5) is 0 Å². The summed E-state index contributed by atoms with van der Waals surface area (Å²) in [4.78, 5) is 15.1. The SMILES string of the molecule is CC[C@@H](CNC(=O)c1ccc(S(C)(=O)=O)cc1)N1CCc2ccccc2C1. The number of nitrogens with one attached hydrogen (secondary N) is 1. The van der Waals surface area contributed by atoms with E-state index in [0.717, 1.165) is 32.2 Å². The minimum Gasteiger partial charge on any atom is -0.350 e. The van der Waals surface area contributed by atoms with Crippen LogP contribution in [-0.4, -0.2) is 44.6 Å². The standard InChI is InChI=1S/C21H26N2O3S/c1-3-19(23-13-12-16-6-4-5-7-18(16)15-23)14-22-21(24)17-8-10-20(11-9-17)27(2,25)26/h4-11,19H,3,12-15H2,1-2H3,(H,22,24)/t19-/m0/s1. The molecule has 0 aliphatic carbocycles. The number of amides is 1. The van der Waals surface area contributed by atoms with Gasteiger partial charge in [0.15, 0.2) is 9.84 Å². The fraction of sp³-hybridized carbons (Fsp3) is 0.381. The molecule has 5 nitrogen and oxygen atoms in total. The zero-order chi connectivity index (χ0) is 19.4. The molecule has 1 N–H and O–H groups in total. The Hall–Kier alpha value is -2.18. The number of carbonyl (C=O) groups excluding carboxylic acids is 1. The van der Waals surface area contributed by atoms with Gasteiger partial charge in [0.05, 0.1) is 4.90 Å². The van der Waals surface area contributed by atoms with E-state index in [1.807, 2.05) is 0 Å². The van der Waals surface area contributed by atoms with E-state index in [1.165, 1.54) is 23.3 Å². The molecular formula is C21H26N2O3S. The molecular weight excluding hydrogens is 360 g/mol. The zero-order valence-corrected chi connectivity index (χ0v) is 16.6. The molecule has 0 unspecified atom stereocenters. The fourth-order valence-corrected chi connectivity index (χ4v) is 4.16. The van der Waals surface area contributed by atoms with Gasteiger partial charge in [-0.3, -0.25) is 9.69 Å². The number of hydrogen-bond acceptors (Lipinski definition) is 4. The van der Waals surface area contributed by atoms with Crippen molar-refractivity contribution >= 4 is 15.7 Å². The maximum Gasteiger partial charge on any atom is 0.251 e. The largest absolute Gasteiger partial charge is 0.350 e. The number of nitrogens with zero attached hydrogens (tertiary/aromatic N) is 1. The average molecular weight is 387 g/mol. The van der Waals surface area contributed by atoms with Gasteiger partial charge in [-0.15, -0.1) is 0 Å². The van der Waals surface area contributed by atoms with Gasteiger partial charge in [-0.1, -0.05) is 31.2 Å². The number of hydrogen-bond donors (Lipinski definition) is 1. The highest BCUT2D eigenvalue weighted by molar-refractivity contribution is 7.90. The third kappa shape index (κ3) is 4.76. The summed E-state index contributed by atoms with van der Waals surface area (Å²) in [6.45, 7) is 4.62. The van der Waals surface area contributed by atoms with Crippen LogP contribution in [0.15, 0.2) is 53.4 Å². The second-order valence-corrected chi connectivity index (χ2v) is 9.07. The average Bonchev–Trinajstić information content (AvgIpc) is 2.67. The second kappa shape index (κ2) is 8.23. The monoisotopic (exact) mass is 386 g/mol. The Bertz CT molecular complexity index is 907. The molecule has 3 rings (SSSR count). The molecule has 27 heavy (non-hydrogen) atoms. The van der Waals surface area contributed by atoms with E-state index in [-0.39, 0.29) is 16.8 Å². The maximum atomic E-state index is 12.4. The molecule has 0 aromatic heterocycles. The van der Waals surface area contributed by atoms with Crippen molar-refractivity contribution in [2.24, 2.45) is 0 Å². The molecule has 2 aromatic rings. The van der Waals surface area contributed by atoms with Crippen molar-refractivity contribution in [1.82, 2.24) is 10.2 Å². The van der Waals surface area contributed by atoms with Gasteiger partial charge >= 0.3 is 0 Å². The molecule has 1 aliphatic heterocycles. The van der Waals surface area contributed by atoms with Gasteiger partial charge in [-0.2, -0.15) is 0 Å². The summed E-state index contributed by atoms with van der Waals surface area (Å²) in [6, 6.07) is 14.9. The Morgan fingerprint density at radius 2 is 1.78 bits per heavy atom.